The Hall–Kier alpha value is -1.20. The van der Waals surface area contributed by atoms with E-state index in [1.165, 1.54) is 6.92 Å². The first-order valence-corrected chi connectivity index (χ1v) is 7.24. The molecule has 0 amide bonds. The molecule has 98 valence electrons. The fourth-order valence-electron chi connectivity index (χ4n) is 1.83. The van der Waals surface area contributed by atoms with E-state index >= 15 is 0 Å². The van der Waals surface area contributed by atoms with Gasteiger partial charge >= 0.3 is 0 Å². The van der Waals surface area contributed by atoms with E-state index in [0.29, 0.717) is 19.0 Å². The lowest BCUT2D eigenvalue weighted by Gasteiger charge is -2.39. The Balaban J connectivity index is 2.12. The summed E-state index contributed by atoms with van der Waals surface area (Å²) in [5.74, 6) is 0.629. The minimum atomic E-state index is -0.971. The molecule has 2 rings (SSSR count). The molecule has 4 nitrogen and oxygen atoms in total. The number of Topliss-reactive ketones (excluding diaryl/α,β-unsaturated/α-hetero) is 1. The van der Waals surface area contributed by atoms with Gasteiger partial charge in [0.15, 0.2) is 5.78 Å². The first-order chi connectivity index (χ1) is 8.54. The molecule has 0 spiro atoms. The Kier molecular flexibility index (Phi) is 3.82. The van der Waals surface area contributed by atoms with Crippen LogP contribution in [0.4, 0.5) is 0 Å². The number of ether oxygens (including phenoxy) is 2. The number of rotatable bonds is 5. The number of hydrogen-bond donors (Lipinski definition) is 0. The highest BCUT2D eigenvalue weighted by molar-refractivity contribution is 7.85. The summed E-state index contributed by atoms with van der Waals surface area (Å²) >= 11 is 0. The second-order valence-electron chi connectivity index (χ2n) is 4.46. The van der Waals surface area contributed by atoms with Crippen LogP contribution in [0.2, 0.25) is 0 Å². The molecular weight excluding hydrogens is 252 g/mol. The van der Waals surface area contributed by atoms with Gasteiger partial charge in [-0.15, -0.1) is 0 Å². The van der Waals surface area contributed by atoms with Gasteiger partial charge in [0.2, 0.25) is 0 Å². The van der Waals surface area contributed by atoms with Crippen LogP contribution >= 0.6 is 0 Å². The van der Waals surface area contributed by atoms with E-state index in [1.54, 1.807) is 18.4 Å². The van der Waals surface area contributed by atoms with E-state index in [4.69, 9.17) is 9.47 Å². The van der Waals surface area contributed by atoms with E-state index in [9.17, 15) is 9.00 Å². The Labute approximate surface area is 109 Å². The molecule has 0 radical (unpaired) electrons. The molecule has 1 atom stereocenters. The maximum atomic E-state index is 11.8. The van der Waals surface area contributed by atoms with Crippen LogP contribution in [0.5, 0.6) is 5.75 Å². The van der Waals surface area contributed by atoms with Gasteiger partial charge in [0.25, 0.3) is 0 Å². The molecule has 1 unspecified atom stereocenters. The Bertz CT molecular complexity index is 462. The molecule has 5 heteroatoms. The first-order valence-electron chi connectivity index (χ1n) is 5.69. The second kappa shape index (κ2) is 5.20. The van der Waals surface area contributed by atoms with Crippen molar-refractivity contribution in [3.63, 3.8) is 0 Å². The van der Waals surface area contributed by atoms with Gasteiger partial charge in [-0.05, 0) is 24.6 Å². The minimum absolute atomic E-state index is 0.0161. The Morgan fingerprint density at radius 2 is 2.00 bits per heavy atom. The smallest absolute Gasteiger partial charge is 0.167 e. The van der Waals surface area contributed by atoms with Crippen molar-refractivity contribution in [2.75, 3.05) is 26.1 Å². The lowest BCUT2D eigenvalue weighted by atomic mass is 9.96. The van der Waals surface area contributed by atoms with Gasteiger partial charge in [0, 0.05) is 17.1 Å². The monoisotopic (exact) mass is 268 g/mol. The SMILES string of the molecule is CC(=O)COc1ccc(C2(S(C)=O)COC2)cc1. The van der Waals surface area contributed by atoms with Crippen molar-refractivity contribution in [3.05, 3.63) is 29.8 Å². The Morgan fingerprint density at radius 1 is 1.39 bits per heavy atom. The Morgan fingerprint density at radius 3 is 2.39 bits per heavy atom. The highest BCUT2D eigenvalue weighted by atomic mass is 32.2. The van der Waals surface area contributed by atoms with Crippen LogP contribution in [0.25, 0.3) is 0 Å². The maximum absolute atomic E-state index is 11.8. The minimum Gasteiger partial charge on any atom is -0.486 e. The number of carbonyl (C=O) groups excluding carboxylic acids is 1. The van der Waals surface area contributed by atoms with Gasteiger partial charge in [-0.1, -0.05) is 12.1 Å². The van der Waals surface area contributed by atoms with Crippen molar-refractivity contribution in [2.45, 2.75) is 11.7 Å². The highest BCUT2D eigenvalue weighted by Crippen LogP contribution is 2.35. The number of hydrogen-bond acceptors (Lipinski definition) is 4. The summed E-state index contributed by atoms with van der Waals surface area (Å²) in [6.07, 6.45) is 1.70. The molecule has 0 saturated carbocycles. The zero-order valence-corrected chi connectivity index (χ0v) is 11.3. The largest absolute Gasteiger partial charge is 0.486 e. The van der Waals surface area contributed by atoms with E-state index in [0.717, 1.165) is 5.56 Å². The van der Waals surface area contributed by atoms with Gasteiger partial charge in [-0.2, -0.15) is 0 Å². The normalized spacial score (nSPS) is 18.8. The lowest BCUT2D eigenvalue weighted by molar-refractivity contribution is -0.118. The number of benzene rings is 1. The third-order valence-corrected chi connectivity index (χ3v) is 4.62. The molecule has 1 aliphatic heterocycles. The van der Waals surface area contributed by atoms with E-state index < -0.39 is 10.8 Å². The van der Waals surface area contributed by atoms with Gasteiger partial charge in [-0.3, -0.25) is 9.00 Å². The van der Waals surface area contributed by atoms with Crippen molar-refractivity contribution in [2.24, 2.45) is 0 Å². The molecule has 1 saturated heterocycles. The first kappa shape index (κ1) is 13.2. The zero-order valence-electron chi connectivity index (χ0n) is 10.5. The fourth-order valence-corrected chi connectivity index (χ4v) is 2.79. The van der Waals surface area contributed by atoms with Crippen LogP contribution in [-0.2, 0) is 25.1 Å². The van der Waals surface area contributed by atoms with Crippen LogP contribution in [0.15, 0.2) is 24.3 Å². The van der Waals surface area contributed by atoms with Gasteiger partial charge in [0.05, 0.1) is 13.2 Å². The van der Waals surface area contributed by atoms with Crippen molar-refractivity contribution < 1.29 is 18.5 Å². The molecule has 0 bridgehead atoms. The standard InChI is InChI=1S/C13H16O4S/c1-10(14)7-17-12-5-3-11(4-6-12)13(18(2)15)8-16-9-13/h3-6H,7-9H2,1-2H3. The predicted octanol–water partition coefficient (Wildman–Crippen LogP) is 1.26. The van der Waals surface area contributed by atoms with Crippen molar-refractivity contribution in [1.82, 2.24) is 0 Å². The van der Waals surface area contributed by atoms with Gasteiger partial charge in [0.1, 0.15) is 17.1 Å². The van der Waals surface area contributed by atoms with E-state index in [-0.39, 0.29) is 17.1 Å². The number of ketones is 1. The third-order valence-electron chi connectivity index (χ3n) is 3.04. The summed E-state index contributed by atoms with van der Waals surface area (Å²) < 4.78 is 21.9. The number of carbonyl (C=O) groups is 1. The second-order valence-corrected chi connectivity index (χ2v) is 6.15. The zero-order chi connectivity index (χ0) is 13.2. The molecule has 1 aliphatic rings. The summed E-state index contributed by atoms with van der Waals surface area (Å²) in [6, 6.07) is 7.37. The van der Waals surface area contributed by atoms with Gasteiger partial charge in [-0.25, -0.2) is 0 Å². The average molecular weight is 268 g/mol. The molecule has 1 aromatic carbocycles. The van der Waals surface area contributed by atoms with Crippen LogP contribution in [0.3, 0.4) is 0 Å². The van der Waals surface area contributed by atoms with Crippen LogP contribution in [-0.4, -0.2) is 36.1 Å². The molecule has 0 aliphatic carbocycles. The van der Waals surface area contributed by atoms with Crippen molar-refractivity contribution >= 4 is 16.6 Å². The molecule has 18 heavy (non-hydrogen) atoms. The van der Waals surface area contributed by atoms with Crippen LogP contribution < -0.4 is 4.74 Å². The molecule has 1 aromatic rings. The summed E-state index contributed by atoms with van der Waals surface area (Å²) in [7, 11) is -0.971. The topological polar surface area (TPSA) is 52.6 Å². The van der Waals surface area contributed by atoms with Crippen LogP contribution in [0.1, 0.15) is 12.5 Å². The lowest BCUT2D eigenvalue weighted by Crippen LogP contribution is -2.49. The summed E-state index contributed by atoms with van der Waals surface area (Å²) in [5, 5.41) is 0. The summed E-state index contributed by atoms with van der Waals surface area (Å²) in [4.78, 5) is 10.8. The molecule has 0 aromatic heterocycles. The molecule has 0 N–H and O–H groups in total. The van der Waals surface area contributed by atoms with Gasteiger partial charge < -0.3 is 9.47 Å². The van der Waals surface area contributed by atoms with Crippen molar-refractivity contribution in [3.8, 4) is 5.75 Å². The maximum Gasteiger partial charge on any atom is 0.167 e. The van der Waals surface area contributed by atoms with Crippen molar-refractivity contribution in [1.29, 1.82) is 0 Å². The van der Waals surface area contributed by atoms with E-state index in [1.807, 2.05) is 12.1 Å². The fraction of sp³-hybridized carbons (Fsp3) is 0.462. The molecule has 1 heterocycles. The highest BCUT2D eigenvalue weighted by Gasteiger charge is 2.44. The average Bonchev–Trinajstić information content (AvgIpc) is 2.26. The summed E-state index contributed by atoms with van der Waals surface area (Å²) in [5.41, 5.74) is 0.991. The summed E-state index contributed by atoms with van der Waals surface area (Å²) in [6.45, 7) is 2.54. The molecule has 1 fully saturated rings. The van der Waals surface area contributed by atoms with E-state index in [2.05, 4.69) is 0 Å². The molecular formula is C13H16O4S. The predicted molar refractivity (Wildman–Crippen MR) is 69.2 cm³/mol. The third kappa shape index (κ3) is 2.47. The quantitative estimate of drug-likeness (QED) is 0.806. The van der Waals surface area contributed by atoms with Crippen LogP contribution in [0, 0.1) is 0 Å².